The summed E-state index contributed by atoms with van der Waals surface area (Å²) in [5.74, 6) is 1.40. The minimum Gasteiger partial charge on any atom is -0.508 e. The summed E-state index contributed by atoms with van der Waals surface area (Å²) >= 11 is 0. The summed E-state index contributed by atoms with van der Waals surface area (Å²) in [5.41, 5.74) is 8.18. The van der Waals surface area contributed by atoms with Crippen molar-refractivity contribution in [2.45, 2.75) is 31.8 Å². The first-order valence-corrected chi connectivity index (χ1v) is 6.29. The fourth-order valence-corrected chi connectivity index (χ4v) is 2.42. The second-order valence-corrected chi connectivity index (χ2v) is 4.94. The molecule has 1 aliphatic heterocycles. The largest absolute Gasteiger partial charge is 0.508 e. The van der Waals surface area contributed by atoms with Crippen molar-refractivity contribution in [3.8, 4) is 5.75 Å². The van der Waals surface area contributed by atoms with Crippen molar-refractivity contribution in [2.24, 2.45) is 5.73 Å². The highest BCUT2D eigenvalue weighted by Gasteiger charge is 2.17. The van der Waals surface area contributed by atoms with E-state index in [2.05, 4.69) is 15.7 Å². The van der Waals surface area contributed by atoms with Crippen molar-refractivity contribution in [1.29, 1.82) is 0 Å². The maximum absolute atomic E-state index is 9.25. The highest BCUT2D eigenvalue weighted by molar-refractivity contribution is 5.28. The minimum atomic E-state index is 0.251. The Kier molecular flexibility index (Phi) is 2.80. The molecule has 1 aliphatic rings. The summed E-state index contributed by atoms with van der Waals surface area (Å²) in [7, 11) is 0. The van der Waals surface area contributed by atoms with Crippen molar-refractivity contribution >= 4 is 0 Å². The highest BCUT2D eigenvalue weighted by atomic mass is 16.3. The molecular formula is C14H17N3O. The van der Waals surface area contributed by atoms with Gasteiger partial charge in [0.2, 0.25) is 0 Å². The number of hydrogen-bond acceptors (Lipinski definition) is 3. The van der Waals surface area contributed by atoms with E-state index in [1.807, 2.05) is 12.1 Å². The zero-order chi connectivity index (χ0) is 12.5. The zero-order valence-electron chi connectivity index (χ0n) is 10.2. The third-order valence-corrected chi connectivity index (χ3v) is 3.42. The number of aromatic hydroxyl groups is 1. The molecule has 0 aliphatic carbocycles. The van der Waals surface area contributed by atoms with Gasteiger partial charge in [-0.15, -0.1) is 0 Å². The molecule has 1 unspecified atom stereocenters. The molecule has 3 rings (SSSR count). The number of phenolic OH excluding ortho intramolecular Hbond substituents is 1. The van der Waals surface area contributed by atoms with Crippen LogP contribution in [0.15, 0.2) is 30.5 Å². The molecule has 0 spiro atoms. The number of phenols is 1. The van der Waals surface area contributed by atoms with Gasteiger partial charge in [0.15, 0.2) is 0 Å². The summed E-state index contributed by atoms with van der Waals surface area (Å²) in [6, 6.07) is 7.53. The highest BCUT2D eigenvalue weighted by Crippen LogP contribution is 2.17. The van der Waals surface area contributed by atoms with Gasteiger partial charge in [0.25, 0.3) is 0 Å². The number of nitrogens with two attached hydrogens (primary N) is 1. The van der Waals surface area contributed by atoms with Crippen molar-refractivity contribution in [1.82, 2.24) is 9.55 Å². The lowest BCUT2D eigenvalue weighted by atomic mass is 10.1. The lowest BCUT2D eigenvalue weighted by Crippen LogP contribution is -2.30. The molecule has 2 heterocycles. The number of rotatable bonds is 2. The smallest absolute Gasteiger partial charge is 0.115 e. The van der Waals surface area contributed by atoms with Gasteiger partial charge in [0.05, 0.1) is 5.69 Å². The number of imidazole rings is 1. The SMILES string of the molecule is NC1CCn2cc(Cc3ccc(O)cc3)nc2C1. The molecule has 2 aromatic rings. The Bertz CT molecular complexity index is 545. The van der Waals surface area contributed by atoms with Crippen LogP contribution in [-0.4, -0.2) is 20.7 Å². The Balaban J connectivity index is 1.79. The molecule has 4 nitrogen and oxygen atoms in total. The van der Waals surface area contributed by atoms with E-state index >= 15 is 0 Å². The quantitative estimate of drug-likeness (QED) is 0.839. The van der Waals surface area contributed by atoms with Crippen LogP contribution < -0.4 is 5.73 Å². The third kappa shape index (κ3) is 2.24. The Hall–Kier alpha value is -1.81. The normalized spacial score (nSPS) is 18.6. The van der Waals surface area contributed by atoms with Crippen LogP contribution in [0.3, 0.4) is 0 Å². The van der Waals surface area contributed by atoms with Gasteiger partial charge in [-0.05, 0) is 24.1 Å². The molecule has 1 aromatic heterocycles. The number of fused-ring (bicyclic) bond motifs is 1. The van der Waals surface area contributed by atoms with Crippen molar-refractivity contribution in [3.63, 3.8) is 0 Å². The van der Waals surface area contributed by atoms with Gasteiger partial charge in [-0.25, -0.2) is 4.98 Å². The molecule has 1 atom stereocenters. The van der Waals surface area contributed by atoms with Crippen LogP contribution in [0, 0.1) is 0 Å². The van der Waals surface area contributed by atoms with Gasteiger partial charge in [0.1, 0.15) is 11.6 Å². The lowest BCUT2D eigenvalue weighted by Gasteiger charge is -2.18. The van der Waals surface area contributed by atoms with Gasteiger partial charge >= 0.3 is 0 Å². The molecule has 0 amide bonds. The monoisotopic (exact) mass is 243 g/mol. The minimum absolute atomic E-state index is 0.251. The van der Waals surface area contributed by atoms with Gasteiger partial charge in [-0.3, -0.25) is 0 Å². The number of aryl methyl sites for hydroxylation is 1. The Morgan fingerprint density at radius 3 is 2.89 bits per heavy atom. The van der Waals surface area contributed by atoms with Crippen LogP contribution in [0.5, 0.6) is 5.75 Å². The first kappa shape index (κ1) is 11.3. The van der Waals surface area contributed by atoms with Gasteiger partial charge < -0.3 is 15.4 Å². The zero-order valence-corrected chi connectivity index (χ0v) is 10.2. The maximum Gasteiger partial charge on any atom is 0.115 e. The molecule has 0 fully saturated rings. The number of aromatic nitrogens is 2. The van der Waals surface area contributed by atoms with Crippen LogP contribution in [0.4, 0.5) is 0 Å². The van der Waals surface area contributed by atoms with E-state index in [1.165, 1.54) is 0 Å². The van der Waals surface area contributed by atoms with E-state index in [-0.39, 0.29) is 6.04 Å². The molecule has 0 saturated heterocycles. The van der Waals surface area contributed by atoms with E-state index in [1.54, 1.807) is 12.1 Å². The van der Waals surface area contributed by atoms with Crippen molar-refractivity contribution in [3.05, 3.63) is 47.5 Å². The second-order valence-electron chi connectivity index (χ2n) is 4.94. The predicted molar refractivity (Wildman–Crippen MR) is 69.4 cm³/mol. The van der Waals surface area contributed by atoms with Gasteiger partial charge in [0, 0.05) is 31.6 Å². The van der Waals surface area contributed by atoms with Crippen molar-refractivity contribution in [2.75, 3.05) is 0 Å². The van der Waals surface area contributed by atoms with Gasteiger partial charge in [-0.2, -0.15) is 0 Å². The first-order chi connectivity index (χ1) is 8.70. The van der Waals surface area contributed by atoms with Crippen LogP contribution >= 0.6 is 0 Å². The van der Waals surface area contributed by atoms with E-state index in [4.69, 9.17) is 5.73 Å². The second kappa shape index (κ2) is 4.46. The molecule has 3 N–H and O–H groups in total. The van der Waals surface area contributed by atoms with E-state index < -0.39 is 0 Å². The fourth-order valence-electron chi connectivity index (χ4n) is 2.42. The standard InChI is InChI=1S/C14H17N3O/c15-11-5-6-17-9-12(16-14(17)8-11)7-10-1-3-13(18)4-2-10/h1-4,9,11,18H,5-8,15H2. The Morgan fingerprint density at radius 1 is 1.33 bits per heavy atom. The molecule has 94 valence electrons. The summed E-state index contributed by atoms with van der Waals surface area (Å²) < 4.78 is 2.21. The van der Waals surface area contributed by atoms with E-state index in [0.29, 0.717) is 5.75 Å². The number of nitrogens with zero attached hydrogens (tertiary/aromatic N) is 2. The average Bonchev–Trinajstić information content (AvgIpc) is 2.73. The molecule has 18 heavy (non-hydrogen) atoms. The predicted octanol–water partition coefficient (Wildman–Crippen LogP) is 1.45. The summed E-state index contributed by atoms with van der Waals surface area (Å²) in [5, 5.41) is 9.25. The first-order valence-electron chi connectivity index (χ1n) is 6.29. The fraction of sp³-hybridized carbons (Fsp3) is 0.357. The Morgan fingerprint density at radius 2 is 2.11 bits per heavy atom. The van der Waals surface area contributed by atoms with Crippen LogP contribution in [0.25, 0.3) is 0 Å². The third-order valence-electron chi connectivity index (χ3n) is 3.42. The van der Waals surface area contributed by atoms with E-state index in [9.17, 15) is 5.11 Å². The molecule has 0 bridgehead atoms. The number of hydrogen-bond donors (Lipinski definition) is 2. The summed E-state index contributed by atoms with van der Waals surface area (Å²) in [6.07, 6.45) is 4.82. The maximum atomic E-state index is 9.25. The molecular weight excluding hydrogens is 226 g/mol. The summed E-state index contributed by atoms with van der Waals surface area (Å²) in [6.45, 7) is 0.971. The van der Waals surface area contributed by atoms with Crippen LogP contribution in [0.2, 0.25) is 0 Å². The average molecular weight is 243 g/mol. The molecule has 0 saturated carbocycles. The molecule has 4 heteroatoms. The number of benzene rings is 1. The topological polar surface area (TPSA) is 64.1 Å². The van der Waals surface area contributed by atoms with Crippen LogP contribution in [0.1, 0.15) is 23.5 Å². The van der Waals surface area contributed by atoms with E-state index in [0.717, 1.165) is 42.9 Å². The lowest BCUT2D eigenvalue weighted by molar-refractivity contribution is 0.463. The van der Waals surface area contributed by atoms with Crippen molar-refractivity contribution < 1.29 is 5.11 Å². The van der Waals surface area contributed by atoms with Crippen LogP contribution in [-0.2, 0) is 19.4 Å². The summed E-state index contributed by atoms with van der Waals surface area (Å²) in [4.78, 5) is 4.64. The van der Waals surface area contributed by atoms with Gasteiger partial charge in [-0.1, -0.05) is 12.1 Å². The Labute approximate surface area is 106 Å². The molecule has 0 radical (unpaired) electrons. The molecule has 1 aromatic carbocycles.